The van der Waals surface area contributed by atoms with Gasteiger partial charge >= 0.3 is 5.97 Å². The van der Waals surface area contributed by atoms with Crippen LogP contribution < -0.4 is 0 Å². The first-order valence-electron chi connectivity index (χ1n) is 7.11. The van der Waals surface area contributed by atoms with Crippen molar-refractivity contribution in [2.45, 2.75) is 41.2 Å². The minimum absolute atomic E-state index is 0.330. The van der Waals surface area contributed by atoms with Crippen LogP contribution in [-0.4, -0.2) is 33.4 Å². The van der Waals surface area contributed by atoms with Crippen molar-refractivity contribution in [3.8, 4) is 0 Å². The molecule has 1 unspecified atom stereocenters. The summed E-state index contributed by atoms with van der Waals surface area (Å²) in [6, 6.07) is 5.61. The fraction of sp³-hybridized carbons (Fsp3) is 0.562. The zero-order valence-electron chi connectivity index (χ0n) is 13.4. The van der Waals surface area contributed by atoms with Gasteiger partial charge in [-0.1, -0.05) is 26.8 Å². The van der Waals surface area contributed by atoms with Gasteiger partial charge in [0.25, 0.3) is 0 Å². The van der Waals surface area contributed by atoms with Gasteiger partial charge in [0.05, 0.1) is 12.2 Å². The fourth-order valence-corrected chi connectivity index (χ4v) is 2.26. The zero-order valence-corrected chi connectivity index (χ0v) is 13.4. The Balaban J connectivity index is 2.98. The summed E-state index contributed by atoms with van der Waals surface area (Å²) >= 11 is 0. The summed E-state index contributed by atoms with van der Waals surface area (Å²) < 4.78 is 0. The molecule has 0 fully saturated rings. The Kier molecular flexibility index (Phi) is 5.47. The average Bonchev–Trinajstić information content (AvgIpc) is 2.33. The van der Waals surface area contributed by atoms with Gasteiger partial charge in [0.15, 0.2) is 0 Å². The molecule has 116 valence electrons. The number of carboxylic acid groups (broad SMARTS) is 1. The second-order valence-corrected chi connectivity index (χ2v) is 6.26. The molecule has 0 saturated heterocycles. The van der Waals surface area contributed by atoms with Crippen molar-refractivity contribution in [1.82, 2.24) is 9.88 Å². The lowest BCUT2D eigenvalue weighted by molar-refractivity contribution is -0.156. The summed E-state index contributed by atoms with van der Waals surface area (Å²) in [6.45, 7) is 9.81. The van der Waals surface area contributed by atoms with Gasteiger partial charge in [0, 0.05) is 12.2 Å². The number of hydrogen-bond donors (Lipinski definition) is 1. The third kappa shape index (κ3) is 4.55. The molecule has 0 aliphatic rings. The smallest absolute Gasteiger partial charge is 0.316 e. The number of aliphatic carboxylic acids is 1. The molecule has 0 radical (unpaired) electrons. The molecule has 1 N–H and O–H groups in total. The molecule has 0 aliphatic carbocycles. The molecule has 0 spiro atoms. The number of nitrogens with zero attached hydrogens (tertiary/aromatic N) is 2. The van der Waals surface area contributed by atoms with Crippen molar-refractivity contribution in [1.29, 1.82) is 0 Å². The third-order valence-corrected chi connectivity index (χ3v) is 3.35. The predicted molar refractivity (Wildman–Crippen MR) is 80.6 cm³/mol. The van der Waals surface area contributed by atoms with E-state index in [0.29, 0.717) is 13.1 Å². The average molecular weight is 292 g/mol. The quantitative estimate of drug-likeness (QED) is 0.846. The normalized spacial score (nSPS) is 12.8. The number of carbonyl (C=O) groups is 2. The van der Waals surface area contributed by atoms with E-state index in [9.17, 15) is 14.7 Å². The highest BCUT2D eigenvalue weighted by molar-refractivity contribution is 5.97. The zero-order chi connectivity index (χ0) is 16.2. The van der Waals surface area contributed by atoms with Crippen LogP contribution in [0.5, 0.6) is 0 Å². The minimum Gasteiger partial charge on any atom is -0.481 e. The van der Waals surface area contributed by atoms with Crippen molar-refractivity contribution < 1.29 is 14.7 Å². The van der Waals surface area contributed by atoms with Crippen LogP contribution in [0, 0.1) is 18.3 Å². The second kappa shape index (κ2) is 6.70. The Morgan fingerprint density at radius 2 is 1.95 bits per heavy atom. The first-order valence-corrected chi connectivity index (χ1v) is 7.11. The number of carboxylic acids is 1. The monoisotopic (exact) mass is 292 g/mol. The topological polar surface area (TPSA) is 70.5 Å². The Morgan fingerprint density at radius 1 is 1.33 bits per heavy atom. The molecule has 1 heterocycles. The summed E-state index contributed by atoms with van der Waals surface area (Å²) in [5.41, 5.74) is 1.01. The lowest BCUT2D eigenvalue weighted by Crippen LogP contribution is -2.45. The van der Waals surface area contributed by atoms with Gasteiger partial charge in [0.1, 0.15) is 5.92 Å². The molecule has 5 heteroatoms. The number of carbonyl (C=O) groups excluding carboxylic acids is 1. The standard InChI is InChI=1S/C16H24N2O3/c1-6-18(10-12-9-7-8-11(2)17-12)14(19)13(15(20)21)16(3,4)5/h7-9,13H,6,10H2,1-5H3,(H,20,21). The van der Waals surface area contributed by atoms with Crippen molar-refractivity contribution in [2.24, 2.45) is 11.3 Å². The summed E-state index contributed by atoms with van der Waals surface area (Å²) in [5.74, 6) is -2.49. The van der Waals surface area contributed by atoms with E-state index >= 15 is 0 Å². The molecule has 1 aromatic rings. The van der Waals surface area contributed by atoms with Crippen molar-refractivity contribution in [3.05, 3.63) is 29.6 Å². The summed E-state index contributed by atoms with van der Waals surface area (Å²) in [5, 5.41) is 9.37. The third-order valence-electron chi connectivity index (χ3n) is 3.35. The van der Waals surface area contributed by atoms with Crippen LogP contribution in [0.4, 0.5) is 0 Å². The molecule has 1 amide bonds. The Hall–Kier alpha value is -1.91. The number of rotatable bonds is 5. The van der Waals surface area contributed by atoms with Crippen LogP contribution >= 0.6 is 0 Å². The Labute approximate surface area is 126 Å². The maximum absolute atomic E-state index is 12.6. The Bertz CT molecular complexity index is 520. The largest absolute Gasteiger partial charge is 0.481 e. The fourth-order valence-electron chi connectivity index (χ4n) is 2.26. The van der Waals surface area contributed by atoms with E-state index in [-0.39, 0.29) is 5.91 Å². The van der Waals surface area contributed by atoms with Crippen LogP contribution in [0.25, 0.3) is 0 Å². The van der Waals surface area contributed by atoms with Crippen molar-refractivity contribution in [2.75, 3.05) is 6.54 Å². The SMILES string of the molecule is CCN(Cc1cccc(C)n1)C(=O)C(C(=O)O)C(C)(C)C. The van der Waals surface area contributed by atoms with Gasteiger partial charge in [-0.2, -0.15) is 0 Å². The number of aryl methyl sites for hydroxylation is 1. The minimum atomic E-state index is -1.08. The molecule has 0 saturated carbocycles. The molecule has 1 atom stereocenters. The maximum Gasteiger partial charge on any atom is 0.316 e. The molecule has 0 aromatic carbocycles. The summed E-state index contributed by atoms with van der Waals surface area (Å²) in [6.07, 6.45) is 0. The second-order valence-electron chi connectivity index (χ2n) is 6.26. The van der Waals surface area contributed by atoms with E-state index in [1.165, 1.54) is 0 Å². The van der Waals surface area contributed by atoms with Gasteiger partial charge in [0.2, 0.25) is 5.91 Å². The van der Waals surface area contributed by atoms with Gasteiger partial charge < -0.3 is 10.0 Å². The lowest BCUT2D eigenvalue weighted by atomic mass is 9.80. The van der Waals surface area contributed by atoms with Crippen LogP contribution in [0.1, 0.15) is 39.1 Å². The number of pyridine rings is 1. The molecular weight excluding hydrogens is 268 g/mol. The lowest BCUT2D eigenvalue weighted by Gasteiger charge is -2.31. The molecule has 1 rings (SSSR count). The molecule has 1 aromatic heterocycles. The first-order chi connectivity index (χ1) is 9.66. The molecule has 21 heavy (non-hydrogen) atoms. The van der Waals surface area contributed by atoms with Crippen LogP contribution in [-0.2, 0) is 16.1 Å². The van der Waals surface area contributed by atoms with Crippen LogP contribution in [0.2, 0.25) is 0 Å². The predicted octanol–water partition coefficient (Wildman–Crippen LogP) is 2.49. The van der Waals surface area contributed by atoms with E-state index in [4.69, 9.17) is 0 Å². The van der Waals surface area contributed by atoms with E-state index < -0.39 is 17.3 Å². The van der Waals surface area contributed by atoms with Crippen LogP contribution in [0.15, 0.2) is 18.2 Å². The van der Waals surface area contributed by atoms with E-state index in [1.54, 1.807) is 25.7 Å². The number of amides is 1. The number of hydrogen-bond acceptors (Lipinski definition) is 3. The molecule has 0 bridgehead atoms. The molecular formula is C16H24N2O3. The van der Waals surface area contributed by atoms with Crippen LogP contribution in [0.3, 0.4) is 0 Å². The highest BCUT2D eigenvalue weighted by atomic mass is 16.4. The highest BCUT2D eigenvalue weighted by Crippen LogP contribution is 2.28. The van der Waals surface area contributed by atoms with Crippen molar-refractivity contribution in [3.63, 3.8) is 0 Å². The maximum atomic E-state index is 12.6. The van der Waals surface area contributed by atoms with Gasteiger partial charge in [-0.15, -0.1) is 0 Å². The number of aromatic nitrogens is 1. The first kappa shape index (κ1) is 17.1. The van der Waals surface area contributed by atoms with E-state index in [0.717, 1.165) is 11.4 Å². The molecule has 5 nitrogen and oxygen atoms in total. The summed E-state index contributed by atoms with van der Waals surface area (Å²) in [7, 11) is 0. The highest BCUT2D eigenvalue weighted by Gasteiger charge is 2.39. The summed E-state index contributed by atoms with van der Waals surface area (Å²) in [4.78, 5) is 29.9. The van der Waals surface area contributed by atoms with E-state index in [2.05, 4.69) is 4.98 Å². The van der Waals surface area contributed by atoms with Crippen molar-refractivity contribution >= 4 is 11.9 Å². The van der Waals surface area contributed by atoms with Gasteiger partial charge in [-0.3, -0.25) is 14.6 Å². The Morgan fingerprint density at radius 3 is 2.38 bits per heavy atom. The van der Waals surface area contributed by atoms with Gasteiger partial charge in [-0.05, 0) is 31.4 Å². The van der Waals surface area contributed by atoms with Gasteiger partial charge in [-0.25, -0.2) is 0 Å². The molecule has 0 aliphatic heterocycles. The van der Waals surface area contributed by atoms with E-state index in [1.807, 2.05) is 32.0 Å².